The molecule has 15 rings (SSSR count). The average Bonchev–Trinajstić information content (AvgIpc) is 4.18. The highest BCUT2D eigenvalue weighted by atomic mass is 15.2. The van der Waals surface area contributed by atoms with Crippen LogP contribution in [0.2, 0.25) is 0 Å². The van der Waals surface area contributed by atoms with E-state index >= 15 is 0 Å². The number of hydrogen-bond donors (Lipinski definition) is 0. The van der Waals surface area contributed by atoms with Gasteiger partial charge in [-0.3, -0.25) is 0 Å². The van der Waals surface area contributed by atoms with Gasteiger partial charge in [0, 0.05) is 33.6 Å². The molecule has 12 aromatic carbocycles. The largest absolute Gasteiger partial charge is 0.310 e. The molecule has 0 N–H and O–H groups in total. The number of rotatable bonds is 8. The number of benzene rings is 12. The molecule has 12 aromatic rings. The van der Waals surface area contributed by atoms with E-state index in [-0.39, 0.29) is 0 Å². The van der Waals surface area contributed by atoms with E-state index in [2.05, 4.69) is 301 Å². The molecule has 3 aliphatic rings. The molecular weight excluding hydrogens is 893 g/mol. The van der Waals surface area contributed by atoms with Crippen molar-refractivity contribution in [3.8, 4) is 33.4 Å². The van der Waals surface area contributed by atoms with Crippen LogP contribution in [0.15, 0.2) is 291 Å². The first-order valence-electron chi connectivity index (χ1n) is 25.8. The second kappa shape index (κ2) is 16.5. The van der Waals surface area contributed by atoms with Crippen LogP contribution in [0.3, 0.4) is 0 Å². The molecule has 0 saturated heterocycles. The summed E-state index contributed by atoms with van der Waals surface area (Å²) in [4.78, 5) is 5.04. The minimum atomic E-state index is -0.652. The van der Waals surface area contributed by atoms with Crippen molar-refractivity contribution in [2.45, 2.75) is 10.8 Å². The van der Waals surface area contributed by atoms with E-state index in [1.807, 2.05) is 0 Å². The molecule has 346 valence electrons. The summed E-state index contributed by atoms with van der Waals surface area (Å²) < 4.78 is 0. The van der Waals surface area contributed by atoms with Gasteiger partial charge in [-0.2, -0.15) is 0 Å². The van der Waals surface area contributed by atoms with Gasteiger partial charge in [0.1, 0.15) is 0 Å². The first-order valence-corrected chi connectivity index (χ1v) is 25.8. The van der Waals surface area contributed by atoms with Crippen LogP contribution in [0.5, 0.6) is 0 Å². The van der Waals surface area contributed by atoms with E-state index in [0.29, 0.717) is 0 Å². The van der Waals surface area contributed by atoms with Gasteiger partial charge in [0.15, 0.2) is 0 Å². The van der Waals surface area contributed by atoms with Crippen LogP contribution in [-0.2, 0) is 10.8 Å². The van der Waals surface area contributed by atoms with Crippen molar-refractivity contribution in [2.24, 2.45) is 0 Å². The standard InChI is InChI=1S/C72H48N2/c1-6-26-49(27-7-1)71(50-28-8-2-9-29-50)60-42-21-18-36-54(60)57-41-24-47-66(70(57)71)74(53-34-14-5-15-35-53)67-48-64-68(56-38-17-16-37-55(56)67)58-39-19-22-43-61(58)72(64)62-44-23-20-40-59(62)69-63(72)45-25-46-65(69)73(51-30-10-3-11-31-51)52-32-12-4-13-33-52/h1-48H. The van der Waals surface area contributed by atoms with Crippen LogP contribution in [-0.4, -0.2) is 0 Å². The molecule has 3 aliphatic carbocycles. The van der Waals surface area contributed by atoms with E-state index in [0.717, 1.165) is 34.1 Å². The summed E-state index contributed by atoms with van der Waals surface area (Å²) >= 11 is 0. The Labute approximate surface area is 432 Å². The summed E-state index contributed by atoms with van der Waals surface area (Å²) in [5.74, 6) is 0. The van der Waals surface area contributed by atoms with E-state index < -0.39 is 10.8 Å². The first kappa shape index (κ1) is 42.2. The summed E-state index contributed by atoms with van der Waals surface area (Å²) in [5.41, 5.74) is 23.2. The molecule has 0 aliphatic heterocycles. The zero-order valence-corrected chi connectivity index (χ0v) is 40.6. The zero-order valence-electron chi connectivity index (χ0n) is 40.6. The van der Waals surface area contributed by atoms with Crippen molar-refractivity contribution < 1.29 is 0 Å². The maximum absolute atomic E-state index is 2.59. The Morgan fingerprint density at radius 3 is 1.22 bits per heavy atom. The molecule has 2 nitrogen and oxygen atoms in total. The highest BCUT2D eigenvalue weighted by Crippen LogP contribution is 2.67. The van der Waals surface area contributed by atoms with Gasteiger partial charge in [0.25, 0.3) is 0 Å². The minimum absolute atomic E-state index is 0.634. The molecule has 0 saturated carbocycles. The Kier molecular flexibility index (Phi) is 9.43. The number of nitrogens with zero attached hydrogens (tertiary/aromatic N) is 2. The molecule has 0 heterocycles. The number of fused-ring (bicyclic) bond motifs is 15. The van der Waals surface area contributed by atoms with Crippen LogP contribution in [0, 0.1) is 0 Å². The van der Waals surface area contributed by atoms with Crippen LogP contribution in [0.25, 0.3) is 44.2 Å². The van der Waals surface area contributed by atoms with Gasteiger partial charge < -0.3 is 9.80 Å². The highest BCUT2D eigenvalue weighted by Gasteiger charge is 2.54. The number of anilines is 6. The zero-order chi connectivity index (χ0) is 48.8. The fourth-order valence-electron chi connectivity index (χ4n) is 13.6. The third-order valence-corrected chi connectivity index (χ3v) is 16.3. The molecule has 0 aromatic heterocycles. The molecule has 0 amide bonds. The fraction of sp³-hybridized carbons (Fsp3) is 0.0278. The monoisotopic (exact) mass is 940 g/mol. The molecule has 74 heavy (non-hydrogen) atoms. The molecule has 0 fully saturated rings. The van der Waals surface area contributed by atoms with Crippen molar-refractivity contribution in [1.82, 2.24) is 0 Å². The molecule has 1 spiro atoms. The Bertz CT molecular complexity index is 4050. The summed E-state index contributed by atoms with van der Waals surface area (Å²) in [7, 11) is 0. The van der Waals surface area contributed by atoms with Crippen LogP contribution in [0.1, 0.15) is 44.5 Å². The van der Waals surface area contributed by atoms with Crippen LogP contribution in [0.4, 0.5) is 34.1 Å². The lowest BCUT2D eigenvalue weighted by Gasteiger charge is -2.38. The molecule has 0 bridgehead atoms. The van der Waals surface area contributed by atoms with Crippen molar-refractivity contribution in [1.29, 1.82) is 0 Å². The molecule has 1 unspecified atom stereocenters. The quantitative estimate of drug-likeness (QED) is 0.150. The topological polar surface area (TPSA) is 6.48 Å². The SMILES string of the molecule is c1ccc(N(c2ccccc2)c2cccc3c2-c2ccccc2C32c3ccccc3-c3c2cc(N(c2ccccc2)c2cccc4c2C(c2ccccc2)(c2ccccc2)c2ccccc2-4)c2ccccc32)cc1. The minimum Gasteiger partial charge on any atom is -0.310 e. The van der Waals surface area contributed by atoms with Crippen molar-refractivity contribution >= 4 is 44.9 Å². The summed E-state index contributed by atoms with van der Waals surface area (Å²) in [5, 5.41) is 2.43. The van der Waals surface area contributed by atoms with Crippen molar-refractivity contribution in [3.63, 3.8) is 0 Å². The maximum atomic E-state index is 2.59. The van der Waals surface area contributed by atoms with Crippen LogP contribution < -0.4 is 9.80 Å². The van der Waals surface area contributed by atoms with Crippen molar-refractivity contribution in [3.05, 3.63) is 336 Å². The van der Waals surface area contributed by atoms with Gasteiger partial charge in [-0.25, -0.2) is 0 Å². The predicted molar refractivity (Wildman–Crippen MR) is 307 cm³/mol. The average molecular weight is 941 g/mol. The highest BCUT2D eigenvalue weighted by molar-refractivity contribution is 6.13. The second-order valence-corrected chi connectivity index (χ2v) is 19.8. The lowest BCUT2D eigenvalue weighted by Crippen LogP contribution is -2.30. The summed E-state index contributed by atoms with van der Waals surface area (Å²) in [6.07, 6.45) is 0. The Morgan fingerprint density at radius 2 is 0.635 bits per heavy atom. The lowest BCUT2D eigenvalue weighted by atomic mass is 9.67. The summed E-state index contributed by atoms with van der Waals surface area (Å²) in [6.45, 7) is 0. The van der Waals surface area contributed by atoms with Gasteiger partial charge >= 0.3 is 0 Å². The third-order valence-electron chi connectivity index (χ3n) is 16.3. The Hall–Kier alpha value is -9.50. The van der Waals surface area contributed by atoms with E-state index in [1.54, 1.807) is 0 Å². The van der Waals surface area contributed by atoms with E-state index in [1.165, 1.54) is 88.7 Å². The number of para-hydroxylation sites is 3. The maximum Gasteiger partial charge on any atom is 0.0734 e. The smallest absolute Gasteiger partial charge is 0.0734 e. The van der Waals surface area contributed by atoms with Gasteiger partial charge in [-0.1, -0.05) is 237 Å². The van der Waals surface area contributed by atoms with Crippen molar-refractivity contribution in [2.75, 3.05) is 9.80 Å². The van der Waals surface area contributed by atoms with E-state index in [4.69, 9.17) is 0 Å². The molecule has 1 atom stereocenters. The molecule has 0 radical (unpaired) electrons. The normalized spacial score (nSPS) is 14.9. The second-order valence-electron chi connectivity index (χ2n) is 19.8. The predicted octanol–water partition coefficient (Wildman–Crippen LogP) is 18.5. The van der Waals surface area contributed by atoms with E-state index in [9.17, 15) is 0 Å². The van der Waals surface area contributed by atoms with Gasteiger partial charge in [0.05, 0.1) is 27.9 Å². The van der Waals surface area contributed by atoms with Crippen LogP contribution >= 0.6 is 0 Å². The Morgan fingerprint density at radius 1 is 0.230 bits per heavy atom. The lowest BCUT2D eigenvalue weighted by molar-refractivity contribution is 0.768. The number of hydrogen-bond acceptors (Lipinski definition) is 2. The van der Waals surface area contributed by atoms with Gasteiger partial charge in [0.2, 0.25) is 0 Å². The third kappa shape index (κ3) is 5.76. The van der Waals surface area contributed by atoms with Gasteiger partial charge in [-0.05, 0) is 127 Å². The first-order chi connectivity index (χ1) is 36.8. The molecular formula is C72H48N2. The fourth-order valence-corrected chi connectivity index (χ4v) is 13.6. The Balaban J connectivity index is 1.07. The molecule has 2 heteroatoms. The summed E-state index contributed by atoms with van der Waals surface area (Å²) in [6, 6.07) is 108. The van der Waals surface area contributed by atoms with Gasteiger partial charge in [-0.15, -0.1) is 0 Å².